The third-order valence-electron chi connectivity index (χ3n) is 4.13. The first-order chi connectivity index (χ1) is 8.18. The maximum atomic E-state index is 12.2. The molecule has 0 radical (unpaired) electrons. The smallest absolute Gasteiger partial charge is 0.239 e. The fourth-order valence-electron chi connectivity index (χ4n) is 2.81. The SMILES string of the molecule is CC1CCNC1C(=O)N(C)CCN1CCCC1. The van der Waals surface area contributed by atoms with E-state index in [0.717, 1.165) is 26.1 Å². The van der Waals surface area contributed by atoms with Gasteiger partial charge in [-0.3, -0.25) is 4.79 Å². The molecule has 98 valence electrons. The van der Waals surface area contributed by atoms with E-state index in [9.17, 15) is 4.79 Å². The second-order valence-electron chi connectivity index (χ2n) is 5.51. The highest BCUT2D eigenvalue weighted by atomic mass is 16.2. The summed E-state index contributed by atoms with van der Waals surface area (Å²) in [7, 11) is 1.94. The zero-order valence-corrected chi connectivity index (χ0v) is 11.1. The molecular weight excluding hydrogens is 214 g/mol. The van der Waals surface area contributed by atoms with Crippen molar-refractivity contribution in [2.24, 2.45) is 5.92 Å². The van der Waals surface area contributed by atoms with E-state index in [4.69, 9.17) is 0 Å². The van der Waals surface area contributed by atoms with E-state index in [1.807, 2.05) is 11.9 Å². The minimum Gasteiger partial charge on any atom is -0.343 e. The Morgan fingerprint density at radius 1 is 1.41 bits per heavy atom. The molecule has 17 heavy (non-hydrogen) atoms. The van der Waals surface area contributed by atoms with Gasteiger partial charge >= 0.3 is 0 Å². The van der Waals surface area contributed by atoms with Crippen LogP contribution in [0.4, 0.5) is 0 Å². The summed E-state index contributed by atoms with van der Waals surface area (Å²) >= 11 is 0. The van der Waals surface area contributed by atoms with Gasteiger partial charge in [-0.2, -0.15) is 0 Å². The zero-order chi connectivity index (χ0) is 12.3. The van der Waals surface area contributed by atoms with E-state index in [0.29, 0.717) is 5.92 Å². The number of nitrogens with one attached hydrogen (secondary N) is 1. The Labute approximate surface area is 104 Å². The number of likely N-dealkylation sites (tertiary alicyclic amines) is 1. The Morgan fingerprint density at radius 2 is 2.12 bits per heavy atom. The molecule has 0 aliphatic carbocycles. The molecule has 0 aromatic carbocycles. The molecule has 0 saturated carbocycles. The first-order valence-electron chi connectivity index (χ1n) is 6.89. The Morgan fingerprint density at radius 3 is 2.71 bits per heavy atom. The van der Waals surface area contributed by atoms with Crippen LogP contribution >= 0.6 is 0 Å². The van der Waals surface area contributed by atoms with Gasteiger partial charge in [-0.1, -0.05) is 6.92 Å². The highest BCUT2D eigenvalue weighted by Gasteiger charge is 2.31. The van der Waals surface area contributed by atoms with Gasteiger partial charge in [0.15, 0.2) is 0 Å². The van der Waals surface area contributed by atoms with Gasteiger partial charge in [0.05, 0.1) is 6.04 Å². The summed E-state index contributed by atoms with van der Waals surface area (Å²) in [5, 5.41) is 3.31. The van der Waals surface area contributed by atoms with Crippen LogP contribution in [0.5, 0.6) is 0 Å². The third kappa shape index (κ3) is 3.19. The number of carbonyl (C=O) groups excluding carboxylic acids is 1. The summed E-state index contributed by atoms with van der Waals surface area (Å²) in [6.07, 6.45) is 3.76. The maximum absolute atomic E-state index is 12.2. The predicted molar refractivity (Wildman–Crippen MR) is 68.9 cm³/mol. The summed E-state index contributed by atoms with van der Waals surface area (Å²) in [6.45, 7) is 7.46. The fraction of sp³-hybridized carbons (Fsp3) is 0.923. The number of carbonyl (C=O) groups is 1. The first-order valence-corrected chi connectivity index (χ1v) is 6.89. The van der Waals surface area contributed by atoms with Crippen molar-refractivity contribution >= 4 is 5.91 Å². The normalized spacial score (nSPS) is 29.8. The summed E-state index contributed by atoms with van der Waals surface area (Å²) < 4.78 is 0. The van der Waals surface area contributed by atoms with Crippen molar-refractivity contribution in [3.63, 3.8) is 0 Å². The second kappa shape index (κ2) is 5.83. The largest absolute Gasteiger partial charge is 0.343 e. The van der Waals surface area contributed by atoms with Crippen LogP contribution in [-0.2, 0) is 4.79 Å². The molecule has 1 N–H and O–H groups in total. The monoisotopic (exact) mass is 239 g/mol. The minimum absolute atomic E-state index is 0.0542. The average molecular weight is 239 g/mol. The van der Waals surface area contributed by atoms with Crippen molar-refractivity contribution in [3.05, 3.63) is 0 Å². The number of hydrogen-bond acceptors (Lipinski definition) is 3. The predicted octanol–water partition coefficient (Wildman–Crippen LogP) is 0.539. The highest BCUT2D eigenvalue weighted by molar-refractivity contribution is 5.82. The van der Waals surface area contributed by atoms with Gasteiger partial charge in [-0.05, 0) is 44.8 Å². The molecule has 4 heteroatoms. The molecule has 0 bridgehead atoms. The van der Waals surface area contributed by atoms with Crippen LogP contribution in [0.25, 0.3) is 0 Å². The molecule has 2 saturated heterocycles. The minimum atomic E-state index is 0.0542. The van der Waals surface area contributed by atoms with Gasteiger partial charge in [0.25, 0.3) is 0 Å². The molecule has 0 spiro atoms. The van der Waals surface area contributed by atoms with Crippen LogP contribution in [0.3, 0.4) is 0 Å². The molecular formula is C13H25N3O. The lowest BCUT2D eigenvalue weighted by Crippen LogP contribution is -2.46. The van der Waals surface area contributed by atoms with Crippen LogP contribution < -0.4 is 5.32 Å². The summed E-state index contributed by atoms with van der Waals surface area (Å²) in [5.74, 6) is 0.755. The molecule has 2 fully saturated rings. The average Bonchev–Trinajstić information content (AvgIpc) is 2.95. The van der Waals surface area contributed by atoms with E-state index in [1.165, 1.54) is 25.9 Å². The topological polar surface area (TPSA) is 35.6 Å². The number of hydrogen-bond donors (Lipinski definition) is 1. The van der Waals surface area contributed by atoms with Crippen molar-refractivity contribution in [3.8, 4) is 0 Å². The van der Waals surface area contributed by atoms with E-state index >= 15 is 0 Å². The van der Waals surface area contributed by atoms with E-state index in [-0.39, 0.29) is 11.9 Å². The molecule has 2 rings (SSSR count). The van der Waals surface area contributed by atoms with Crippen LogP contribution in [-0.4, -0.2) is 61.5 Å². The number of rotatable bonds is 4. The quantitative estimate of drug-likeness (QED) is 0.778. The van der Waals surface area contributed by atoms with E-state index in [1.54, 1.807) is 0 Å². The van der Waals surface area contributed by atoms with Gasteiger partial charge in [-0.15, -0.1) is 0 Å². The maximum Gasteiger partial charge on any atom is 0.239 e. The summed E-state index contributed by atoms with van der Waals surface area (Å²) in [6, 6.07) is 0.0542. The molecule has 0 aromatic rings. The standard InChI is InChI=1S/C13H25N3O/c1-11-5-6-14-12(11)13(17)15(2)9-10-16-7-3-4-8-16/h11-12,14H,3-10H2,1-2H3. The molecule has 2 aliphatic rings. The number of nitrogens with zero attached hydrogens (tertiary/aromatic N) is 2. The summed E-state index contributed by atoms with van der Waals surface area (Å²) in [4.78, 5) is 16.6. The Hall–Kier alpha value is -0.610. The first kappa shape index (κ1) is 12.8. The van der Waals surface area contributed by atoms with Gasteiger partial charge in [0.1, 0.15) is 0 Å². The van der Waals surface area contributed by atoms with Crippen LogP contribution in [0.15, 0.2) is 0 Å². The fourth-order valence-corrected chi connectivity index (χ4v) is 2.81. The van der Waals surface area contributed by atoms with Crippen molar-refractivity contribution in [1.29, 1.82) is 0 Å². The lowest BCUT2D eigenvalue weighted by molar-refractivity contribution is -0.132. The van der Waals surface area contributed by atoms with Crippen molar-refractivity contribution in [1.82, 2.24) is 15.1 Å². The van der Waals surface area contributed by atoms with Crippen LogP contribution in [0, 0.1) is 5.92 Å². The molecule has 2 unspecified atom stereocenters. The number of likely N-dealkylation sites (N-methyl/N-ethyl adjacent to an activating group) is 1. The Balaban J connectivity index is 1.74. The third-order valence-corrected chi connectivity index (χ3v) is 4.13. The second-order valence-corrected chi connectivity index (χ2v) is 5.51. The lowest BCUT2D eigenvalue weighted by Gasteiger charge is -2.25. The molecule has 2 aliphatic heterocycles. The Bertz CT molecular complexity index is 263. The van der Waals surface area contributed by atoms with Crippen molar-refractivity contribution in [2.45, 2.75) is 32.2 Å². The summed E-state index contributed by atoms with van der Waals surface area (Å²) in [5.41, 5.74) is 0. The van der Waals surface area contributed by atoms with Crippen LogP contribution in [0.2, 0.25) is 0 Å². The van der Waals surface area contributed by atoms with Gasteiger partial charge in [0.2, 0.25) is 5.91 Å². The molecule has 2 heterocycles. The van der Waals surface area contributed by atoms with Crippen LogP contribution in [0.1, 0.15) is 26.2 Å². The molecule has 1 amide bonds. The number of amides is 1. The lowest BCUT2D eigenvalue weighted by atomic mass is 10.0. The molecule has 0 aromatic heterocycles. The zero-order valence-electron chi connectivity index (χ0n) is 11.1. The van der Waals surface area contributed by atoms with Gasteiger partial charge in [-0.25, -0.2) is 0 Å². The molecule has 2 atom stereocenters. The van der Waals surface area contributed by atoms with Crippen molar-refractivity contribution in [2.75, 3.05) is 39.8 Å². The highest BCUT2D eigenvalue weighted by Crippen LogP contribution is 2.16. The van der Waals surface area contributed by atoms with Gasteiger partial charge in [0, 0.05) is 20.1 Å². The van der Waals surface area contributed by atoms with E-state index in [2.05, 4.69) is 17.1 Å². The molecule has 4 nitrogen and oxygen atoms in total. The van der Waals surface area contributed by atoms with Crippen molar-refractivity contribution < 1.29 is 4.79 Å². The van der Waals surface area contributed by atoms with E-state index < -0.39 is 0 Å². The van der Waals surface area contributed by atoms with Gasteiger partial charge < -0.3 is 15.1 Å². The Kier molecular flexibility index (Phi) is 4.40.